The van der Waals surface area contributed by atoms with E-state index in [0.717, 1.165) is 5.56 Å². The van der Waals surface area contributed by atoms with Crippen molar-refractivity contribution in [3.63, 3.8) is 0 Å². The van der Waals surface area contributed by atoms with Gasteiger partial charge >= 0.3 is 0 Å². The number of aryl methyl sites for hydroxylation is 1. The van der Waals surface area contributed by atoms with Crippen molar-refractivity contribution >= 4 is 17.3 Å². The van der Waals surface area contributed by atoms with Crippen molar-refractivity contribution < 1.29 is 14.3 Å². The number of hydrogen-bond acceptors (Lipinski definition) is 7. The molecule has 172 valence electrons. The molecule has 0 saturated carbocycles. The SMILES string of the molecule is COc1cccc(Oc2cnn(C)c(=O)c2Nc2ccc(C(=O)NCc3cccnc3)cc2)c1. The summed E-state index contributed by atoms with van der Waals surface area (Å²) in [6, 6.07) is 17.5. The van der Waals surface area contributed by atoms with Gasteiger partial charge < -0.3 is 20.1 Å². The van der Waals surface area contributed by atoms with Crippen LogP contribution >= 0.6 is 0 Å². The van der Waals surface area contributed by atoms with Crippen LogP contribution in [-0.2, 0) is 13.6 Å². The summed E-state index contributed by atoms with van der Waals surface area (Å²) in [5.41, 5.74) is 1.87. The molecule has 2 aromatic heterocycles. The highest BCUT2D eigenvalue weighted by molar-refractivity contribution is 5.94. The van der Waals surface area contributed by atoms with Crippen LogP contribution in [0.2, 0.25) is 0 Å². The van der Waals surface area contributed by atoms with Crippen molar-refractivity contribution in [3.05, 3.63) is 101 Å². The molecular weight excluding hydrogens is 434 g/mol. The van der Waals surface area contributed by atoms with Crippen LogP contribution in [0.3, 0.4) is 0 Å². The molecule has 0 aliphatic carbocycles. The fourth-order valence-electron chi connectivity index (χ4n) is 3.14. The molecule has 0 atom stereocenters. The molecule has 2 N–H and O–H groups in total. The Morgan fingerprint density at radius 2 is 1.82 bits per heavy atom. The number of methoxy groups -OCH3 is 1. The third-order valence-corrected chi connectivity index (χ3v) is 4.96. The first-order chi connectivity index (χ1) is 16.5. The van der Waals surface area contributed by atoms with Gasteiger partial charge in [0.25, 0.3) is 11.5 Å². The van der Waals surface area contributed by atoms with Crippen LogP contribution in [0, 0.1) is 0 Å². The summed E-state index contributed by atoms with van der Waals surface area (Å²) in [6.07, 6.45) is 4.84. The van der Waals surface area contributed by atoms with Gasteiger partial charge in [-0.3, -0.25) is 14.6 Å². The monoisotopic (exact) mass is 457 g/mol. The summed E-state index contributed by atoms with van der Waals surface area (Å²) >= 11 is 0. The normalized spacial score (nSPS) is 10.4. The minimum Gasteiger partial charge on any atom is -0.497 e. The lowest BCUT2D eigenvalue weighted by Crippen LogP contribution is -2.23. The molecule has 34 heavy (non-hydrogen) atoms. The van der Waals surface area contributed by atoms with Gasteiger partial charge in [0.2, 0.25) is 0 Å². The summed E-state index contributed by atoms with van der Waals surface area (Å²) in [5, 5.41) is 9.99. The van der Waals surface area contributed by atoms with Crippen LogP contribution in [-0.4, -0.2) is 27.8 Å². The molecule has 4 rings (SSSR count). The summed E-state index contributed by atoms with van der Waals surface area (Å²) in [5.74, 6) is 1.17. The van der Waals surface area contributed by atoms with Gasteiger partial charge in [-0.2, -0.15) is 5.10 Å². The molecule has 9 heteroatoms. The Balaban J connectivity index is 1.50. The van der Waals surface area contributed by atoms with Crippen LogP contribution in [0.5, 0.6) is 17.2 Å². The zero-order chi connectivity index (χ0) is 23.9. The van der Waals surface area contributed by atoms with Gasteiger partial charge in [0.05, 0.1) is 13.3 Å². The second kappa shape index (κ2) is 10.3. The summed E-state index contributed by atoms with van der Waals surface area (Å²) in [7, 11) is 3.12. The number of nitrogens with zero attached hydrogens (tertiary/aromatic N) is 3. The molecule has 2 heterocycles. The number of anilines is 2. The molecule has 0 spiro atoms. The van der Waals surface area contributed by atoms with E-state index in [4.69, 9.17) is 9.47 Å². The van der Waals surface area contributed by atoms with Crippen molar-refractivity contribution in [3.8, 4) is 17.2 Å². The first-order valence-electron chi connectivity index (χ1n) is 10.5. The van der Waals surface area contributed by atoms with E-state index in [0.29, 0.717) is 29.3 Å². The molecule has 4 aromatic rings. The van der Waals surface area contributed by atoms with Crippen LogP contribution in [0.1, 0.15) is 15.9 Å². The van der Waals surface area contributed by atoms with E-state index in [1.54, 1.807) is 75.1 Å². The van der Waals surface area contributed by atoms with Crippen molar-refractivity contribution in [2.45, 2.75) is 6.54 Å². The average Bonchev–Trinajstić information content (AvgIpc) is 2.88. The predicted molar refractivity (Wildman–Crippen MR) is 128 cm³/mol. The lowest BCUT2D eigenvalue weighted by molar-refractivity contribution is 0.0951. The molecule has 0 radical (unpaired) electrons. The first-order valence-corrected chi connectivity index (χ1v) is 10.5. The minimum absolute atomic E-state index is 0.211. The van der Waals surface area contributed by atoms with E-state index < -0.39 is 0 Å². The van der Waals surface area contributed by atoms with E-state index >= 15 is 0 Å². The lowest BCUT2D eigenvalue weighted by Gasteiger charge is -2.14. The van der Waals surface area contributed by atoms with E-state index in [9.17, 15) is 9.59 Å². The Kier molecular flexibility index (Phi) is 6.83. The quantitative estimate of drug-likeness (QED) is 0.416. The fraction of sp³-hybridized carbons (Fsp3) is 0.120. The van der Waals surface area contributed by atoms with E-state index in [1.807, 2.05) is 12.1 Å². The topological polar surface area (TPSA) is 107 Å². The van der Waals surface area contributed by atoms with Gasteiger partial charge in [0.15, 0.2) is 11.4 Å². The lowest BCUT2D eigenvalue weighted by atomic mass is 10.2. The van der Waals surface area contributed by atoms with Crippen LogP contribution in [0.15, 0.2) is 84.0 Å². The largest absolute Gasteiger partial charge is 0.497 e. The molecule has 0 unspecified atom stereocenters. The number of carbonyl (C=O) groups excluding carboxylic acids is 1. The van der Waals surface area contributed by atoms with Gasteiger partial charge in [0, 0.05) is 43.3 Å². The van der Waals surface area contributed by atoms with Crippen molar-refractivity contribution in [1.29, 1.82) is 0 Å². The summed E-state index contributed by atoms with van der Waals surface area (Å²) in [4.78, 5) is 29.3. The summed E-state index contributed by atoms with van der Waals surface area (Å²) in [6.45, 7) is 0.380. The van der Waals surface area contributed by atoms with Gasteiger partial charge in [-0.25, -0.2) is 4.68 Å². The number of aromatic nitrogens is 3. The van der Waals surface area contributed by atoms with Crippen molar-refractivity contribution in [2.75, 3.05) is 12.4 Å². The molecule has 2 aromatic carbocycles. The molecule has 0 aliphatic rings. The molecule has 0 fully saturated rings. The standard InChI is InChI=1S/C25H23N5O4/c1-30-25(32)23(22(16-28-30)34-21-7-3-6-20(13-21)33-2)29-19-10-8-18(9-11-19)24(31)27-15-17-5-4-12-26-14-17/h3-14,16,29H,15H2,1-2H3,(H,27,31). The number of hydrogen-bond donors (Lipinski definition) is 2. The maximum atomic E-state index is 12.8. The summed E-state index contributed by atoms with van der Waals surface area (Å²) < 4.78 is 12.3. The Labute approximate surface area is 196 Å². The zero-order valence-corrected chi connectivity index (χ0v) is 18.7. The van der Waals surface area contributed by atoms with Gasteiger partial charge in [-0.15, -0.1) is 0 Å². The number of nitrogens with one attached hydrogen (secondary N) is 2. The Hall–Kier alpha value is -4.66. The number of ether oxygens (including phenoxy) is 2. The van der Waals surface area contributed by atoms with Gasteiger partial charge in [-0.05, 0) is 48.0 Å². The number of rotatable bonds is 8. The maximum Gasteiger partial charge on any atom is 0.294 e. The zero-order valence-electron chi connectivity index (χ0n) is 18.7. The molecule has 1 amide bonds. The smallest absolute Gasteiger partial charge is 0.294 e. The Morgan fingerprint density at radius 1 is 1.03 bits per heavy atom. The van der Waals surface area contributed by atoms with Crippen molar-refractivity contribution in [1.82, 2.24) is 20.1 Å². The third-order valence-electron chi connectivity index (χ3n) is 4.96. The van der Waals surface area contributed by atoms with E-state index in [1.165, 1.54) is 10.9 Å². The second-order valence-corrected chi connectivity index (χ2v) is 7.34. The number of carbonyl (C=O) groups is 1. The van der Waals surface area contributed by atoms with E-state index in [2.05, 4.69) is 20.7 Å². The number of amides is 1. The highest BCUT2D eigenvalue weighted by Crippen LogP contribution is 2.30. The average molecular weight is 457 g/mol. The Bertz CT molecular complexity index is 1340. The highest BCUT2D eigenvalue weighted by Gasteiger charge is 2.14. The predicted octanol–water partition coefficient (Wildman–Crippen LogP) is 3.65. The van der Waals surface area contributed by atoms with Crippen LogP contribution in [0.4, 0.5) is 11.4 Å². The van der Waals surface area contributed by atoms with E-state index in [-0.39, 0.29) is 22.9 Å². The molecule has 0 bridgehead atoms. The Morgan fingerprint density at radius 3 is 2.56 bits per heavy atom. The maximum absolute atomic E-state index is 12.8. The van der Waals surface area contributed by atoms with Crippen molar-refractivity contribution in [2.24, 2.45) is 7.05 Å². The van der Waals surface area contributed by atoms with Crippen LogP contribution in [0.25, 0.3) is 0 Å². The fourth-order valence-corrected chi connectivity index (χ4v) is 3.14. The minimum atomic E-state index is -0.362. The van der Waals surface area contributed by atoms with Crippen LogP contribution < -0.4 is 25.7 Å². The second-order valence-electron chi connectivity index (χ2n) is 7.34. The molecule has 9 nitrogen and oxygen atoms in total. The molecular formula is C25H23N5O4. The number of benzene rings is 2. The van der Waals surface area contributed by atoms with Gasteiger partial charge in [-0.1, -0.05) is 12.1 Å². The van der Waals surface area contributed by atoms with Gasteiger partial charge in [0.1, 0.15) is 11.5 Å². The highest BCUT2D eigenvalue weighted by atomic mass is 16.5. The number of pyridine rings is 1. The molecule has 0 aliphatic heterocycles. The third kappa shape index (κ3) is 5.39. The first kappa shape index (κ1) is 22.5. The molecule has 0 saturated heterocycles.